The van der Waals surface area contributed by atoms with E-state index in [1.165, 1.54) is 0 Å². The average molecular weight is 261 g/mol. The van der Waals surface area contributed by atoms with Crippen molar-refractivity contribution in [1.29, 1.82) is 0 Å². The third kappa shape index (κ3) is 3.01. The number of aromatic hydroxyl groups is 1. The smallest absolute Gasteiger partial charge is 0.187 e. The highest BCUT2D eigenvalue weighted by atomic mass is 32.2. The SMILES string of the molecule is O=S1CCN(Cc2cc(F)c(O)c(F)c2)CC1. The van der Waals surface area contributed by atoms with Crippen LogP contribution in [-0.4, -0.2) is 38.8 Å². The highest BCUT2D eigenvalue weighted by Crippen LogP contribution is 2.22. The fraction of sp³-hybridized carbons (Fsp3) is 0.455. The number of benzene rings is 1. The Balaban J connectivity index is 2.06. The van der Waals surface area contributed by atoms with Gasteiger partial charge in [0.2, 0.25) is 0 Å². The second kappa shape index (κ2) is 5.10. The zero-order chi connectivity index (χ0) is 12.4. The Hall–Kier alpha value is -1.01. The summed E-state index contributed by atoms with van der Waals surface area (Å²) in [5.74, 6) is -1.62. The first kappa shape index (κ1) is 12.4. The third-order valence-corrected chi connectivity index (χ3v) is 4.03. The lowest BCUT2D eigenvalue weighted by Crippen LogP contribution is -2.37. The summed E-state index contributed by atoms with van der Waals surface area (Å²) in [5.41, 5.74) is 0.477. The van der Waals surface area contributed by atoms with Gasteiger partial charge >= 0.3 is 0 Å². The molecule has 1 aromatic rings. The molecule has 1 aromatic carbocycles. The van der Waals surface area contributed by atoms with Crippen LogP contribution >= 0.6 is 0 Å². The van der Waals surface area contributed by atoms with Gasteiger partial charge in [-0.3, -0.25) is 9.11 Å². The first-order chi connectivity index (χ1) is 8.06. The molecule has 1 heterocycles. The van der Waals surface area contributed by atoms with Gasteiger partial charge in [0, 0.05) is 41.9 Å². The van der Waals surface area contributed by atoms with Gasteiger partial charge in [0.25, 0.3) is 0 Å². The van der Waals surface area contributed by atoms with E-state index < -0.39 is 28.2 Å². The lowest BCUT2D eigenvalue weighted by atomic mass is 10.2. The van der Waals surface area contributed by atoms with Gasteiger partial charge in [-0.15, -0.1) is 0 Å². The summed E-state index contributed by atoms with van der Waals surface area (Å²) in [7, 11) is -0.761. The summed E-state index contributed by atoms with van der Waals surface area (Å²) in [6.45, 7) is 1.73. The molecule has 1 saturated heterocycles. The standard InChI is InChI=1S/C11H13F2NO2S/c12-9-5-8(6-10(13)11(9)15)7-14-1-3-17(16)4-2-14/h5-6,15H,1-4,7H2. The number of phenolic OH excluding ortho intramolecular Hbond substituents is 1. The molecule has 17 heavy (non-hydrogen) atoms. The molecular weight excluding hydrogens is 248 g/mol. The molecule has 1 aliphatic rings. The summed E-state index contributed by atoms with van der Waals surface area (Å²) in [5, 5.41) is 8.97. The Morgan fingerprint density at radius 3 is 2.29 bits per heavy atom. The molecule has 94 valence electrons. The molecule has 3 nitrogen and oxygen atoms in total. The normalized spacial score (nSPS) is 18.5. The number of hydrogen-bond acceptors (Lipinski definition) is 3. The van der Waals surface area contributed by atoms with E-state index in [-0.39, 0.29) is 0 Å². The number of phenols is 1. The van der Waals surface area contributed by atoms with Gasteiger partial charge in [-0.2, -0.15) is 0 Å². The van der Waals surface area contributed by atoms with Gasteiger partial charge in [0.15, 0.2) is 17.4 Å². The van der Waals surface area contributed by atoms with Crippen molar-refractivity contribution in [1.82, 2.24) is 4.90 Å². The number of rotatable bonds is 2. The molecule has 0 saturated carbocycles. The maximum atomic E-state index is 13.1. The van der Waals surface area contributed by atoms with E-state index in [0.717, 1.165) is 12.1 Å². The van der Waals surface area contributed by atoms with E-state index >= 15 is 0 Å². The van der Waals surface area contributed by atoms with E-state index in [1.807, 2.05) is 4.90 Å². The summed E-state index contributed by atoms with van der Waals surface area (Å²) < 4.78 is 37.3. The molecule has 0 spiro atoms. The van der Waals surface area contributed by atoms with Crippen LogP contribution in [0.25, 0.3) is 0 Å². The fourth-order valence-corrected chi connectivity index (χ4v) is 2.93. The Labute approximate surface area is 101 Å². The maximum absolute atomic E-state index is 13.1. The molecule has 0 aromatic heterocycles. The van der Waals surface area contributed by atoms with Crippen molar-refractivity contribution in [3.63, 3.8) is 0 Å². The zero-order valence-electron chi connectivity index (χ0n) is 9.16. The quantitative estimate of drug-likeness (QED) is 0.870. The molecule has 0 unspecified atom stereocenters. The number of halogens is 2. The van der Waals surface area contributed by atoms with Gasteiger partial charge in [-0.25, -0.2) is 8.78 Å². The number of nitrogens with zero attached hydrogens (tertiary/aromatic N) is 1. The van der Waals surface area contributed by atoms with Crippen molar-refractivity contribution in [2.24, 2.45) is 0 Å². The fourth-order valence-electron chi connectivity index (χ4n) is 1.80. The van der Waals surface area contributed by atoms with Crippen molar-refractivity contribution >= 4 is 10.8 Å². The molecule has 0 amide bonds. The van der Waals surface area contributed by atoms with Gasteiger partial charge < -0.3 is 5.11 Å². The first-order valence-electron chi connectivity index (χ1n) is 5.30. The molecule has 0 atom stereocenters. The monoisotopic (exact) mass is 261 g/mol. The molecule has 1 aliphatic heterocycles. The second-order valence-electron chi connectivity index (χ2n) is 4.03. The van der Waals surface area contributed by atoms with Gasteiger partial charge in [0.05, 0.1) is 0 Å². The molecule has 6 heteroatoms. The highest BCUT2D eigenvalue weighted by Gasteiger charge is 2.17. The van der Waals surface area contributed by atoms with Crippen LogP contribution in [-0.2, 0) is 17.3 Å². The Morgan fingerprint density at radius 2 is 1.76 bits per heavy atom. The van der Waals surface area contributed by atoms with Crippen molar-refractivity contribution in [3.8, 4) is 5.75 Å². The molecule has 0 bridgehead atoms. The number of hydrogen-bond donors (Lipinski definition) is 1. The minimum Gasteiger partial charge on any atom is -0.503 e. The van der Waals surface area contributed by atoms with Gasteiger partial charge in [0.1, 0.15) is 0 Å². The van der Waals surface area contributed by atoms with E-state index in [1.54, 1.807) is 0 Å². The summed E-state index contributed by atoms with van der Waals surface area (Å²) in [4.78, 5) is 1.99. The molecule has 0 radical (unpaired) electrons. The van der Waals surface area contributed by atoms with Crippen LogP contribution in [0.3, 0.4) is 0 Å². The van der Waals surface area contributed by atoms with Crippen LogP contribution in [0, 0.1) is 11.6 Å². The van der Waals surface area contributed by atoms with Gasteiger partial charge in [-0.1, -0.05) is 0 Å². The van der Waals surface area contributed by atoms with Crippen LogP contribution in [0.15, 0.2) is 12.1 Å². The lowest BCUT2D eigenvalue weighted by Gasteiger charge is -2.26. The topological polar surface area (TPSA) is 40.5 Å². The van der Waals surface area contributed by atoms with Crippen LogP contribution < -0.4 is 0 Å². The van der Waals surface area contributed by atoms with Crippen LogP contribution in [0.4, 0.5) is 8.78 Å². The molecule has 2 rings (SSSR count). The minimum absolute atomic E-state index is 0.408. The summed E-state index contributed by atoms with van der Waals surface area (Å²) in [6.07, 6.45) is 0. The second-order valence-corrected chi connectivity index (χ2v) is 5.73. The van der Waals surface area contributed by atoms with E-state index in [9.17, 15) is 13.0 Å². The van der Waals surface area contributed by atoms with Crippen molar-refractivity contribution in [2.45, 2.75) is 6.54 Å². The van der Waals surface area contributed by atoms with Crippen LogP contribution in [0.1, 0.15) is 5.56 Å². The Kier molecular flexibility index (Phi) is 3.73. The molecular formula is C11H13F2NO2S. The van der Waals surface area contributed by atoms with E-state index in [4.69, 9.17) is 5.11 Å². The molecule has 1 N–H and O–H groups in total. The largest absolute Gasteiger partial charge is 0.503 e. The van der Waals surface area contributed by atoms with Gasteiger partial charge in [-0.05, 0) is 17.7 Å². The highest BCUT2D eigenvalue weighted by molar-refractivity contribution is 7.85. The third-order valence-electron chi connectivity index (χ3n) is 2.75. The predicted octanol–water partition coefficient (Wildman–Crippen LogP) is 1.23. The summed E-state index contributed by atoms with van der Waals surface area (Å²) >= 11 is 0. The maximum Gasteiger partial charge on any atom is 0.187 e. The minimum atomic E-state index is -0.944. The Morgan fingerprint density at radius 1 is 1.24 bits per heavy atom. The Bertz CT molecular complexity index is 420. The van der Waals surface area contributed by atoms with Crippen molar-refractivity contribution in [3.05, 3.63) is 29.3 Å². The van der Waals surface area contributed by atoms with E-state index in [2.05, 4.69) is 0 Å². The van der Waals surface area contributed by atoms with Crippen molar-refractivity contribution < 1.29 is 18.1 Å². The first-order valence-corrected chi connectivity index (χ1v) is 6.79. The van der Waals surface area contributed by atoms with Crippen LogP contribution in [0.5, 0.6) is 5.75 Å². The predicted molar refractivity (Wildman–Crippen MR) is 61.2 cm³/mol. The summed E-state index contributed by atoms with van der Waals surface area (Å²) in [6, 6.07) is 2.26. The lowest BCUT2D eigenvalue weighted by molar-refractivity contribution is 0.289. The van der Waals surface area contributed by atoms with Crippen molar-refractivity contribution in [2.75, 3.05) is 24.6 Å². The average Bonchev–Trinajstić information content (AvgIpc) is 2.29. The van der Waals surface area contributed by atoms with E-state index in [0.29, 0.717) is 36.7 Å². The zero-order valence-corrected chi connectivity index (χ0v) is 9.97. The molecule has 1 fully saturated rings. The molecule has 0 aliphatic carbocycles. The van der Waals surface area contributed by atoms with Crippen LogP contribution in [0.2, 0.25) is 0 Å².